The molecular weight excluding hydrogens is 286 g/mol. The number of alkyl carbamates (subject to hydrolysis) is 1. The van der Waals surface area contributed by atoms with E-state index in [4.69, 9.17) is 4.74 Å². The van der Waals surface area contributed by atoms with Crippen LogP contribution in [0.5, 0.6) is 0 Å². The third-order valence-corrected chi connectivity index (χ3v) is 3.80. The van der Waals surface area contributed by atoms with Gasteiger partial charge in [-0.2, -0.15) is 5.10 Å². The standard InChI is InChI=1S/C15H23N3O4/c1-14(2,3)22-13(21)17-15(7-5-4-6-8-15)11-10(12(19)20)9-16-18-11/h9H,4-8H2,1-3H3,(H,16,18)(H,17,21)(H,19,20). The second-order valence-electron chi connectivity index (χ2n) is 6.73. The van der Waals surface area contributed by atoms with Crippen LogP contribution in [0.2, 0.25) is 0 Å². The van der Waals surface area contributed by atoms with Crippen LogP contribution < -0.4 is 5.32 Å². The number of aromatic carboxylic acids is 1. The lowest BCUT2D eigenvalue weighted by atomic mass is 9.78. The van der Waals surface area contributed by atoms with Gasteiger partial charge in [-0.15, -0.1) is 0 Å². The normalized spacial score (nSPS) is 17.8. The van der Waals surface area contributed by atoms with Crippen molar-refractivity contribution in [1.82, 2.24) is 15.5 Å². The quantitative estimate of drug-likeness (QED) is 0.796. The van der Waals surface area contributed by atoms with Gasteiger partial charge in [-0.1, -0.05) is 19.3 Å². The van der Waals surface area contributed by atoms with Gasteiger partial charge in [-0.3, -0.25) is 5.10 Å². The van der Waals surface area contributed by atoms with Gasteiger partial charge in [0, 0.05) is 0 Å². The Morgan fingerprint density at radius 3 is 2.50 bits per heavy atom. The zero-order valence-corrected chi connectivity index (χ0v) is 13.2. The Hall–Kier alpha value is -2.05. The molecule has 0 saturated heterocycles. The highest BCUT2D eigenvalue weighted by Gasteiger charge is 2.40. The van der Waals surface area contributed by atoms with Gasteiger partial charge < -0.3 is 15.2 Å². The molecule has 0 spiro atoms. The minimum absolute atomic E-state index is 0.0953. The van der Waals surface area contributed by atoms with Crippen LogP contribution in [-0.2, 0) is 10.3 Å². The summed E-state index contributed by atoms with van der Waals surface area (Å²) in [6.07, 6.45) is 4.95. The number of hydrogen-bond donors (Lipinski definition) is 3. The molecule has 0 aromatic carbocycles. The number of nitrogens with zero attached hydrogens (tertiary/aromatic N) is 1. The number of nitrogens with one attached hydrogen (secondary N) is 2. The molecule has 122 valence electrons. The van der Waals surface area contributed by atoms with Crippen LogP contribution in [0.15, 0.2) is 6.20 Å². The maximum Gasteiger partial charge on any atom is 0.408 e. The van der Waals surface area contributed by atoms with Crippen molar-refractivity contribution >= 4 is 12.1 Å². The number of carboxylic acid groups (broad SMARTS) is 1. The van der Waals surface area contributed by atoms with Crippen molar-refractivity contribution in [2.45, 2.75) is 64.0 Å². The van der Waals surface area contributed by atoms with Gasteiger partial charge in [-0.25, -0.2) is 9.59 Å². The van der Waals surface area contributed by atoms with E-state index in [1.807, 2.05) is 0 Å². The topological polar surface area (TPSA) is 104 Å². The average molecular weight is 309 g/mol. The number of aromatic amines is 1. The molecule has 1 aliphatic rings. The largest absolute Gasteiger partial charge is 0.478 e. The number of hydrogen-bond acceptors (Lipinski definition) is 4. The van der Waals surface area contributed by atoms with E-state index in [-0.39, 0.29) is 5.56 Å². The fourth-order valence-electron chi connectivity index (χ4n) is 2.90. The number of aromatic nitrogens is 2. The molecule has 1 aliphatic carbocycles. The predicted octanol–water partition coefficient (Wildman–Crippen LogP) is 2.79. The molecule has 3 N–H and O–H groups in total. The molecule has 0 radical (unpaired) electrons. The van der Waals surface area contributed by atoms with Crippen molar-refractivity contribution < 1.29 is 19.4 Å². The van der Waals surface area contributed by atoms with Gasteiger partial charge in [0.05, 0.1) is 17.4 Å². The lowest BCUT2D eigenvalue weighted by Crippen LogP contribution is -2.49. The van der Waals surface area contributed by atoms with E-state index >= 15 is 0 Å². The summed E-state index contributed by atoms with van der Waals surface area (Å²) in [5, 5.41) is 18.8. The van der Waals surface area contributed by atoms with Gasteiger partial charge >= 0.3 is 12.1 Å². The molecule has 7 heteroatoms. The molecule has 0 atom stereocenters. The summed E-state index contributed by atoms with van der Waals surface area (Å²) in [7, 11) is 0. The van der Waals surface area contributed by atoms with E-state index in [1.54, 1.807) is 20.8 Å². The zero-order chi connectivity index (χ0) is 16.4. The molecule has 1 aromatic rings. The van der Waals surface area contributed by atoms with Crippen molar-refractivity contribution in [1.29, 1.82) is 0 Å². The number of carboxylic acids is 1. The molecule has 0 aliphatic heterocycles. The number of amides is 1. The van der Waals surface area contributed by atoms with Crippen LogP contribution >= 0.6 is 0 Å². The molecule has 7 nitrogen and oxygen atoms in total. The van der Waals surface area contributed by atoms with Crippen LogP contribution in [0.25, 0.3) is 0 Å². The lowest BCUT2D eigenvalue weighted by molar-refractivity contribution is 0.0411. The number of H-pyrrole nitrogens is 1. The van der Waals surface area contributed by atoms with E-state index in [1.165, 1.54) is 6.20 Å². The minimum Gasteiger partial charge on any atom is -0.478 e. The van der Waals surface area contributed by atoms with Gasteiger partial charge in [0.2, 0.25) is 0 Å². The van der Waals surface area contributed by atoms with Crippen LogP contribution in [0.1, 0.15) is 68.9 Å². The first-order valence-electron chi connectivity index (χ1n) is 7.52. The van der Waals surface area contributed by atoms with E-state index in [2.05, 4.69) is 15.5 Å². The van der Waals surface area contributed by atoms with Gasteiger partial charge in [0.15, 0.2) is 0 Å². The summed E-state index contributed by atoms with van der Waals surface area (Å²) in [6, 6.07) is 0. The van der Waals surface area contributed by atoms with Crippen molar-refractivity contribution in [3.63, 3.8) is 0 Å². The molecule has 22 heavy (non-hydrogen) atoms. The summed E-state index contributed by atoms with van der Waals surface area (Å²) < 4.78 is 5.33. The van der Waals surface area contributed by atoms with Crippen LogP contribution in [-0.4, -0.2) is 33.0 Å². The first-order chi connectivity index (χ1) is 10.2. The first kappa shape index (κ1) is 16.3. The average Bonchev–Trinajstić information content (AvgIpc) is 2.87. The molecule has 1 fully saturated rings. The molecular formula is C15H23N3O4. The van der Waals surface area contributed by atoms with Crippen molar-refractivity contribution in [2.75, 3.05) is 0 Å². The first-order valence-corrected chi connectivity index (χ1v) is 7.52. The maximum atomic E-state index is 12.2. The Balaban J connectivity index is 2.30. The summed E-state index contributed by atoms with van der Waals surface area (Å²) >= 11 is 0. The smallest absolute Gasteiger partial charge is 0.408 e. The second-order valence-corrected chi connectivity index (χ2v) is 6.73. The SMILES string of the molecule is CC(C)(C)OC(=O)NC1(c2[nH]ncc2C(=O)O)CCCCC1. The molecule has 2 rings (SSSR count). The van der Waals surface area contributed by atoms with Crippen molar-refractivity contribution in [3.05, 3.63) is 17.5 Å². The van der Waals surface area contributed by atoms with Gasteiger partial charge in [0.1, 0.15) is 11.2 Å². The monoisotopic (exact) mass is 309 g/mol. The Labute approximate surface area is 129 Å². The van der Waals surface area contributed by atoms with Gasteiger partial charge in [-0.05, 0) is 33.6 Å². The van der Waals surface area contributed by atoms with E-state index < -0.39 is 23.2 Å². The molecule has 0 unspecified atom stereocenters. The lowest BCUT2D eigenvalue weighted by Gasteiger charge is -2.38. The summed E-state index contributed by atoms with van der Waals surface area (Å²) in [4.78, 5) is 23.6. The highest BCUT2D eigenvalue weighted by molar-refractivity contribution is 5.89. The van der Waals surface area contributed by atoms with E-state index in [0.717, 1.165) is 19.3 Å². The number of ether oxygens (including phenoxy) is 1. The van der Waals surface area contributed by atoms with Crippen LogP contribution in [0.4, 0.5) is 4.79 Å². The number of carbonyl (C=O) groups excluding carboxylic acids is 1. The molecule has 1 amide bonds. The Kier molecular flexibility index (Phi) is 4.44. The number of carbonyl (C=O) groups is 2. The van der Waals surface area contributed by atoms with Crippen molar-refractivity contribution in [3.8, 4) is 0 Å². The zero-order valence-electron chi connectivity index (χ0n) is 13.2. The van der Waals surface area contributed by atoms with E-state index in [0.29, 0.717) is 18.5 Å². The summed E-state index contributed by atoms with van der Waals surface area (Å²) in [5.74, 6) is -1.06. The van der Waals surface area contributed by atoms with Gasteiger partial charge in [0.25, 0.3) is 0 Å². The Morgan fingerprint density at radius 1 is 1.32 bits per heavy atom. The number of rotatable bonds is 3. The molecule has 1 heterocycles. The van der Waals surface area contributed by atoms with E-state index in [9.17, 15) is 14.7 Å². The molecule has 1 saturated carbocycles. The predicted molar refractivity (Wildman–Crippen MR) is 79.7 cm³/mol. The molecule has 1 aromatic heterocycles. The Bertz CT molecular complexity index is 553. The highest BCUT2D eigenvalue weighted by atomic mass is 16.6. The summed E-state index contributed by atoms with van der Waals surface area (Å²) in [5.41, 5.74) is -0.822. The maximum absolute atomic E-state index is 12.2. The summed E-state index contributed by atoms with van der Waals surface area (Å²) in [6.45, 7) is 5.37. The second kappa shape index (κ2) is 5.98. The molecule has 0 bridgehead atoms. The van der Waals surface area contributed by atoms with Crippen LogP contribution in [0.3, 0.4) is 0 Å². The van der Waals surface area contributed by atoms with Crippen LogP contribution in [0, 0.1) is 0 Å². The fraction of sp³-hybridized carbons (Fsp3) is 0.667. The third-order valence-electron chi connectivity index (χ3n) is 3.80. The fourth-order valence-corrected chi connectivity index (χ4v) is 2.90. The highest BCUT2D eigenvalue weighted by Crippen LogP contribution is 2.38. The van der Waals surface area contributed by atoms with Crippen molar-refractivity contribution in [2.24, 2.45) is 0 Å². The minimum atomic E-state index is -1.06. The third kappa shape index (κ3) is 3.58. The Morgan fingerprint density at radius 2 is 1.95 bits per heavy atom.